The molecule has 0 nitrogen and oxygen atoms in total. The van der Waals surface area contributed by atoms with Crippen molar-refractivity contribution < 1.29 is 0 Å². The summed E-state index contributed by atoms with van der Waals surface area (Å²) in [6.45, 7) is 2.08. The van der Waals surface area contributed by atoms with Gasteiger partial charge in [-0.3, -0.25) is 0 Å². The van der Waals surface area contributed by atoms with Crippen LogP contribution in [0.15, 0.2) is 0 Å². The quantitative estimate of drug-likeness (QED) is 0.571. The molecular formula is C5H9Cl2S. The van der Waals surface area contributed by atoms with E-state index in [1.165, 1.54) is 0 Å². The lowest BCUT2D eigenvalue weighted by molar-refractivity contribution is 0.740. The van der Waals surface area contributed by atoms with Crippen LogP contribution in [0.25, 0.3) is 0 Å². The van der Waals surface area contributed by atoms with Gasteiger partial charge >= 0.3 is 0 Å². The Labute approximate surface area is 66.0 Å². The van der Waals surface area contributed by atoms with Crippen LogP contribution in [0.5, 0.6) is 0 Å². The van der Waals surface area contributed by atoms with E-state index in [2.05, 4.69) is 19.6 Å². The fraction of sp³-hybridized carbons (Fsp3) is 1.00. The molecule has 49 valence electrons. The Balaban J connectivity index is 3.11. The lowest BCUT2D eigenvalue weighted by Crippen LogP contribution is -2.00. The zero-order valence-electron chi connectivity index (χ0n) is 4.79. The van der Waals surface area contributed by atoms with Crippen molar-refractivity contribution in [2.24, 2.45) is 0 Å². The van der Waals surface area contributed by atoms with Gasteiger partial charge in [0.2, 0.25) is 0 Å². The molecule has 0 aliphatic heterocycles. The Kier molecular flexibility index (Phi) is 4.31. The molecule has 0 heterocycles. The first-order chi connectivity index (χ1) is 3.56. The summed E-state index contributed by atoms with van der Waals surface area (Å²) < 4.78 is -0.921. The van der Waals surface area contributed by atoms with Crippen LogP contribution in [0, 0.1) is 0 Å². The van der Waals surface area contributed by atoms with Crippen LogP contribution in [0.4, 0.5) is 0 Å². The summed E-state index contributed by atoms with van der Waals surface area (Å²) in [7, 11) is 0. The molecule has 0 aromatic carbocycles. The van der Waals surface area contributed by atoms with E-state index in [4.69, 9.17) is 23.2 Å². The summed E-state index contributed by atoms with van der Waals surface area (Å²) in [4.78, 5) is 0. The van der Waals surface area contributed by atoms with Crippen molar-refractivity contribution in [1.82, 2.24) is 0 Å². The first-order valence-corrected chi connectivity index (χ1v) is 3.81. The molecule has 0 rings (SSSR count). The number of halogens is 2. The van der Waals surface area contributed by atoms with E-state index in [1.807, 2.05) is 0 Å². The number of hydrogen-bond donors (Lipinski definition) is 0. The van der Waals surface area contributed by atoms with Gasteiger partial charge in [0.05, 0.1) is 0 Å². The van der Waals surface area contributed by atoms with Crippen molar-refractivity contribution in [1.29, 1.82) is 0 Å². The van der Waals surface area contributed by atoms with Crippen LogP contribution in [0.3, 0.4) is 0 Å². The number of hydrogen-bond acceptors (Lipinski definition) is 0. The van der Waals surface area contributed by atoms with Crippen LogP contribution < -0.4 is 0 Å². The van der Waals surface area contributed by atoms with Crippen LogP contribution >= 0.6 is 35.8 Å². The first-order valence-electron chi connectivity index (χ1n) is 2.64. The maximum atomic E-state index is 5.49. The smallest absolute Gasteiger partial charge is 0.0885 e. The predicted molar refractivity (Wildman–Crippen MR) is 41.6 cm³/mol. The van der Waals surface area contributed by atoms with Crippen LogP contribution in [-0.2, 0) is 0 Å². The van der Waals surface area contributed by atoms with Gasteiger partial charge < -0.3 is 0 Å². The molecule has 0 saturated heterocycles. The van der Waals surface area contributed by atoms with Crippen molar-refractivity contribution in [2.75, 3.05) is 0 Å². The maximum Gasteiger partial charge on any atom is 0.173 e. The Morgan fingerprint density at radius 1 is 1.50 bits per heavy atom. The number of unbranched alkanes of at least 4 members (excludes halogenated alkanes) is 1. The van der Waals surface area contributed by atoms with Gasteiger partial charge in [-0.15, -0.1) is 0 Å². The molecule has 0 N–H and O–H groups in total. The zero-order valence-corrected chi connectivity index (χ0v) is 7.11. The molecule has 0 unspecified atom stereocenters. The molecule has 0 aliphatic rings. The minimum atomic E-state index is -0.921. The molecule has 8 heavy (non-hydrogen) atoms. The third kappa shape index (κ3) is 6.93. The average Bonchev–Trinajstić information content (AvgIpc) is 1.59. The van der Waals surface area contributed by atoms with Gasteiger partial charge in [0, 0.05) is 0 Å². The largest absolute Gasteiger partial charge is 0.173 e. The highest BCUT2D eigenvalue weighted by Crippen LogP contribution is 2.30. The van der Waals surface area contributed by atoms with E-state index in [0.29, 0.717) is 6.42 Å². The van der Waals surface area contributed by atoms with Crippen molar-refractivity contribution in [3.8, 4) is 0 Å². The van der Waals surface area contributed by atoms with Crippen molar-refractivity contribution in [2.45, 2.75) is 29.9 Å². The topological polar surface area (TPSA) is 0 Å². The highest BCUT2D eigenvalue weighted by molar-refractivity contribution is 7.85. The van der Waals surface area contributed by atoms with E-state index in [-0.39, 0.29) is 0 Å². The lowest BCUT2D eigenvalue weighted by Gasteiger charge is -2.07. The minimum Gasteiger partial charge on any atom is -0.0885 e. The molecule has 0 bridgehead atoms. The molecule has 0 aromatic heterocycles. The molecular weight excluding hydrogens is 163 g/mol. The predicted octanol–water partition coefficient (Wildman–Crippen LogP) is 3.51. The number of rotatable bonds is 3. The van der Waals surface area contributed by atoms with Gasteiger partial charge in [0.1, 0.15) is 0 Å². The summed E-state index contributed by atoms with van der Waals surface area (Å²) in [6.07, 6.45) is 2.82. The van der Waals surface area contributed by atoms with E-state index in [1.54, 1.807) is 0 Å². The lowest BCUT2D eigenvalue weighted by atomic mass is 10.3. The standard InChI is InChI=1S/C5H9Cl2S/c1-2-3-4-5(6,7)8/h2-4H2,1H3. The Morgan fingerprint density at radius 2 is 2.00 bits per heavy atom. The summed E-state index contributed by atoms with van der Waals surface area (Å²) in [5, 5.41) is 0. The first kappa shape index (κ1) is 8.93. The highest BCUT2D eigenvalue weighted by atomic mass is 35.5. The van der Waals surface area contributed by atoms with Crippen LogP contribution in [-0.4, -0.2) is 3.67 Å². The molecule has 0 saturated carbocycles. The van der Waals surface area contributed by atoms with E-state index < -0.39 is 3.67 Å². The Hall–Kier alpha value is 0.930. The fourth-order valence-corrected chi connectivity index (χ4v) is 0.794. The average molecular weight is 172 g/mol. The van der Waals surface area contributed by atoms with E-state index in [9.17, 15) is 0 Å². The molecule has 0 amide bonds. The fourth-order valence-electron chi connectivity index (χ4n) is 0.383. The normalized spacial score (nSPS) is 12.0. The molecule has 0 fully saturated rings. The molecule has 0 atom stereocenters. The second-order valence-electron chi connectivity index (χ2n) is 1.74. The van der Waals surface area contributed by atoms with Crippen molar-refractivity contribution in [3.63, 3.8) is 0 Å². The van der Waals surface area contributed by atoms with Crippen LogP contribution in [0.2, 0.25) is 0 Å². The maximum absolute atomic E-state index is 5.49. The SMILES string of the molecule is CCCCC([S])(Cl)Cl. The highest BCUT2D eigenvalue weighted by Gasteiger charge is 2.16. The summed E-state index contributed by atoms with van der Waals surface area (Å²) >= 11 is 15.7. The van der Waals surface area contributed by atoms with E-state index in [0.717, 1.165) is 12.8 Å². The molecule has 0 aromatic rings. The van der Waals surface area contributed by atoms with Gasteiger partial charge in [-0.1, -0.05) is 49.2 Å². The van der Waals surface area contributed by atoms with Gasteiger partial charge in [-0.25, -0.2) is 0 Å². The van der Waals surface area contributed by atoms with Gasteiger partial charge in [0.25, 0.3) is 0 Å². The summed E-state index contributed by atoms with van der Waals surface area (Å²) in [5.41, 5.74) is 0. The Morgan fingerprint density at radius 3 is 2.12 bits per heavy atom. The molecule has 1 radical (unpaired) electrons. The zero-order chi connectivity index (χ0) is 6.62. The molecule has 0 spiro atoms. The third-order valence-electron chi connectivity index (χ3n) is 0.821. The molecule has 3 heteroatoms. The summed E-state index contributed by atoms with van der Waals surface area (Å²) in [6, 6.07) is 0. The monoisotopic (exact) mass is 171 g/mol. The van der Waals surface area contributed by atoms with Crippen molar-refractivity contribution >= 4 is 35.8 Å². The second kappa shape index (κ2) is 3.86. The number of alkyl halides is 2. The third-order valence-corrected chi connectivity index (χ3v) is 1.40. The second-order valence-corrected chi connectivity index (χ2v) is 4.37. The summed E-state index contributed by atoms with van der Waals surface area (Å²) in [5.74, 6) is 0. The van der Waals surface area contributed by atoms with Gasteiger partial charge in [0.15, 0.2) is 3.67 Å². The van der Waals surface area contributed by atoms with E-state index >= 15 is 0 Å². The van der Waals surface area contributed by atoms with Crippen molar-refractivity contribution in [3.05, 3.63) is 0 Å². The van der Waals surface area contributed by atoms with Crippen LogP contribution in [0.1, 0.15) is 26.2 Å². The Bertz CT molecular complexity index is 57.9. The minimum absolute atomic E-state index is 0.710. The van der Waals surface area contributed by atoms with Gasteiger partial charge in [-0.05, 0) is 12.8 Å². The van der Waals surface area contributed by atoms with Gasteiger partial charge in [-0.2, -0.15) is 0 Å². The molecule has 0 aliphatic carbocycles.